The van der Waals surface area contributed by atoms with E-state index < -0.39 is 0 Å². The Balaban J connectivity index is 1.80. The summed E-state index contributed by atoms with van der Waals surface area (Å²) in [6, 6.07) is 6.20. The van der Waals surface area contributed by atoms with Gasteiger partial charge >= 0.3 is 0 Å². The largest absolute Gasteiger partial charge is 0.497 e. The summed E-state index contributed by atoms with van der Waals surface area (Å²) in [7, 11) is 3.32. The van der Waals surface area contributed by atoms with Crippen LogP contribution in [0, 0.1) is 5.92 Å². The second kappa shape index (κ2) is 5.96. The molecule has 0 bridgehead atoms. The van der Waals surface area contributed by atoms with Crippen LogP contribution >= 0.6 is 0 Å². The minimum Gasteiger partial charge on any atom is -0.497 e. The SMILES string of the molecule is COc1ccc(OC)c(CN(C(=O)C2CCC2)C2CC2)c1. The Morgan fingerprint density at radius 2 is 1.95 bits per heavy atom. The molecule has 21 heavy (non-hydrogen) atoms. The van der Waals surface area contributed by atoms with Crippen LogP contribution in [-0.4, -0.2) is 31.1 Å². The number of ether oxygens (including phenoxy) is 2. The minimum atomic E-state index is 0.252. The molecular weight excluding hydrogens is 266 g/mol. The molecule has 1 amide bonds. The van der Waals surface area contributed by atoms with Crippen LogP contribution in [0.1, 0.15) is 37.7 Å². The zero-order valence-corrected chi connectivity index (χ0v) is 12.8. The van der Waals surface area contributed by atoms with Crippen molar-refractivity contribution in [3.05, 3.63) is 23.8 Å². The predicted octanol–water partition coefficient (Wildman–Crippen LogP) is 2.99. The van der Waals surface area contributed by atoms with Gasteiger partial charge in [-0.05, 0) is 43.9 Å². The molecule has 2 aliphatic rings. The number of amides is 1. The van der Waals surface area contributed by atoms with E-state index in [2.05, 4.69) is 4.90 Å². The van der Waals surface area contributed by atoms with Gasteiger partial charge in [-0.25, -0.2) is 0 Å². The summed E-state index contributed by atoms with van der Waals surface area (Å²) in [6.45, 7) is 0.625. The normalized spacial score (nSPS) is 18.0. The molecule has 3 rings (SSSR count). The molecule has 0 spiro atoms. The molecule has 0 aliphatic heterocycles. The number of rotatable bonds is 6. The van der Waals surface area contributed by atoms with E-state index in [-0.39, 0.29) is 5.92 Å². The van der Waals surface area contributed by atoms with Crippen LogP contribution < -0.4 is 9.47 Å². The number of benzene rings is 1. The summed E-state index contributed by atoms with van der Waals surface area (Å²) in [6.07, 6.45) is 5.56. The van der Waals surface area contributed by atoms with E-state index in [1.165, 1.54) is 6.42 Å². The molecule has 4 nitrogen and oxygen atoms in total. The summed E-state index contributed by atoms with van der Waals surface area (Å²) >= 11 is 0. The molecule has 1 aromatic rings. The third-order valence-corrected chi connectivity index (χ3v) is 4.55. The first-order chi connectivity index (χ1) is 10.2. The molecule has 0 radical (unpaired) electrons. The van der Waals surface area contributed by atoms with Crippen LogP contribution in [0.2, 0.25) is 0 Å². The Morgan fingerprint density at radius 1 is 1.19 bits per heavy atom. The van der Waals surface area contributed by atoms with E-state index >= 15 is 0 Å². The van der Waals surface area contributed by atoms with Gasteiger partial charge in [-0.2, -0.15) is 0 Å². The zero-order chi connectivity index (χ0) is 14.8. The van der Waals surface area contributed by atoms with Gasteiger partial charge in [0.05, 0.1) is 14.2 Å². The van der Waals surface area contributed by atoms with Crippen molar-refractivity contribution in [1.29, 1.82) is 0 Å². The van der Waals surface area contributed by atoms with E-state index in [4.69, 9.17) is 9.47 Å². The van der Waals surface area contributed by atoms with Crippen molar-refractivity contribution >= 4 is 5.91 Å². The lowest BCUT2D eigenvalue weighted by Crippen LogP contribution is -2.39. The van der Waals surface area contributed by atoms with Crippen molar-refractivity contribution in [3.8, 4) is 11.5 Å². The summed E-state index contributed by atoms with van der Waals surface area (Å²) in [5.74, 6) is 2.20. The first-order valence-electron chi connectivity index (χ1n) is 7.74. The smallest absolute Gasteiger partial charge is 0.226 e. The average Bonchev–Trinajstić information content (AvgIpc) is 3.26. The number of carbonyl (C=O) groups excluding carboxylic acids is 1. The van der Waals surface area contributed by atoms with Crippen molar-refractivity contribution in [1.82, 2.24) is 4.90 Å². The standard InChI is InChI=1S/C17H23NO3/c1-20-15-8-9-16(21-2)13(10-15)11-18(14-6-7-14)17(19)12-4-3-5-12/h8-10,12,14H,3-7,11H2,1-2H3. The Morgan fingerprint density at radius 3 is 2.48 bits per heavy atom. The van der Waals surface area contributed by atoms with Crippen LogP contribution in [0.3, 0.4) is 0 Å². The molecule has 2 saturated carbocycles. The fraction of sp³-hybridized carbons (Fsp3) is 0.588. The second-order valence-corrected chi connectivity index (χ2v) is 6.00. The van der Waals surface area contributed by atoms with E-state index in [9.17, 15) is 4.79 Å². The number of hydrogen-bond donors (Lipinski definition) is 0. The Kier molecular flexibility index (Phi) is 4.04. The van der Waals surface area contributed by atoms with E-state index in [1.807, 2.05) is 18.2 Å². The summed E-state index contributed by atoms with van der Waals surface area (Å²) in [4.78, 5) is 14.7. The zero-order valence-electron chi connectivity index (χ0n) is 12.8. The monoisotopic (exact) mass is 289 g/mol. The molecule has 2 aliphatic carbocycles. The molecule has 114 valence electrons. The second-order valence-electron chi connectivity index (χ2n) is 6.00. The quantitative estimate of drug-likeness (QED) is 0.808. The molecule has 2 fully saturated rings. The highest BCUT2D eigenvalue weighted by Crippen LogP contribution is 2.36. The van der Waals surface area contributed by atoms with Crippen molar-refractivity contribution in [2.45, 2.75) is 44.7 Å². The molecule has 0 atom stereocenters. The Labute approximate surface area is 126 Å². The van der Waals surface area contributed by atoms with Crippen LogP contribution in [0.4, 0.5) is 0 Å². The van der Waals surface area contributed by atoms with Gasteiger partial charge in [0.1, 0.15) is 11.5 Å². The molecule has 0 saturated heterocycles. The topological polar surface area (TPSA) is 38.8 Å². The van der Waals surface area contributed by atoms with Gasteiger partial charge in [0.2, 0.25) is 5.91 Å². The third kappa shape index (κ3) is 2.99. The van der Waals surface area contributed by atoms with E-state index in [0.717, 1.165) is 42.7 Å². The highest BCUT2D eigenvalue weighted by atomic mass is 16.5. The molecule has 1 aromatic carbocycles. The third-order valence-electron chi connectivity index (χ3n) is 4.55. The lowest BCUT2D eigenvalue weighted by atomic mass is 9.84. The number of nitrogens with zero attached hydrogens (tertiary/aromatic N) is 1. The van der Waals surface area contributed by atoms with Gasteiger partial charge in [-0.1, -0.05) is 6.42 Å². The van der Waals surface area contributed by atoms with Gasteiger partial charge in [-0.3, -0.25) is 4.79 Å². The van der Waals surface area contributed by atoms with Crippen molar-refractivity contribution in [3.63, 3.8) is 0 Å². The van der Waals surface area contributed by atoms with Crippen LogP contribution in [0.15, 0.2) is 18.2 Å². The fourth-order valence-electron chi connectivity index (χ4n) is 2.85. The summed E-state index contributed by atoms with van der Waals surface area (Å²) in [5.41, 5.74) is 1.02. The van der Waals surface area contributed by atoms with E-state index in [0.29, 0.717) is 18.5 Å². The van der Waals surface area contributed by atoms with Gasteiger partial charge in [0.15, 0.2) is 0 Å². The molecule has 0 heterocycles. The van der Waals surface area contributed by atoms with E-state index in [1.54, 1.807) is 14.2 Å². The van der Waals surface area contributed by atoms with Crippen LogP contribution in [0.5, 0.6) is 11.5 Å². The molecule has 4 heteroatoms. The van der Waals surface area contributed by atoms with Crippen molar-refractivity contribution < 1.29 is 14.3 Å². The maximum atomic E-state index is 12.6. The van der Waals surface area contributed by atoms with Crippen molar-refractivity contribution in [2.75, 3.05) is 14.2 Å². The first-order valence-corrected chi connectivity index (χ1v) is 7.74. The number of methoxy groups -OCH3 is 2. The summed E-state index contributed by atoms with van der Waals surface area (Å²) < 4.78 is 10.7. The maximum Gasteiger partial charge on any atom is 0.226 e. The molecular formula is C17H23NO3. The summed E-state index contributed by atoms with van der Waals surface area (Å²) in [5, 5.41) is 0. The average molecular weight is 289 g/mol. The fourth-order valence-corrected chi connectivity index (χ4v) is 2.85. The Hall–Kier alpha value is -1.71. The molecule has 0 N–H and O–H groups in total. The molecule has 0 aromatic heterocycles. The minimum absolute atomic E-state index is 0.252. The first kappa shape index (κ1) is 14.2. The number of carbonyl (C=O) groups is 1. The lowest BCUT2D eigenvalue weighted by molar-refractivity contribution is -0.139. The highest BCUT2D eigenvalue weighted by molar-refractivity contribution is 5.80. The van der Waals surface area contributed by atoms with Crippen LogP contribution in [-0.2, 0) is 11.3 Å². The predicted molar refractivity (Wildman–Crippen MR) is 80.5 cm³/mol. The number of hydrogen-bond acceptors (Lipinski definition) is 3. The maximum absolute atomic E-state index is 12.6. The van der Waals surface area contributed by atoms with Crippen molar-refractivity contribution in [2.24, 2.45) is 5.92 Å². The van der Waals surface area contributed by atoms with Gasteiger partial charge < -0.3 is 14.4 Å². The van der Waals surface area contributed by atoms with Crippen LogP contribution in [0.25, 0.3) is 0 Å². The highest BCUT2D eigenvalue weighted by Gasteiger charge is 2.38. The molecule has 0 unspecified atom stereocenters. The van der Waals surface area contributed by atoms with Gasteiger partial charge in [0, 0.05) is 24.1 Å². The lowest BCUT2D eigenvalue weighted by Gasteiger charge is -2.32. The van der Waals surface area contributed by atoms with Gasteiger partial charge in [0.25, 0.3) is 0 Å². The van der Waals surface area contributed by atoms with Gasteiger partial charge in [-0.15, -0.1) is 0 Å². The Bertz CT molecular complexity index is 521.